The number of amides is 1. The van der Waals surface area contributed by atoms with Crippen LogP contribution in [0.4, 0.5) is 11.4 Å². The third kappa shape index (κ3) is 5.37. The Morgan fingerprint density at radius 2 is 1.86 bits per heavy atom. The fourth-order valence-corrected chi connectivity index (χ4v) is 4.81. The van der Waals surface area contributed by atoms with Gasteiger partial charge >= 0.3 is 0 Å². The first-order chi connectivity index (χ1) is 17.6. The summed E-state index contributed by atoms with van der Waals surface area (Å²) in [6, 6.07) is 16.1. The van der Waals surface area contributed by atoms with Crippen LogP contribution in [0.15, 0.2) is 67.1 Å². The van der Waals surface area contributed by atoms with E-state index in [2.05, 4.69) is 38.6 Å². The average Bonchev–Trinajstić information content (AvgIpc) is 3.33. The van der Waals surface area contributed by atoms with Crippen molar-refractivity contribution in [2.24, 2.45) is 0 Å². The van der Waals surface area contributed by atoms with Crippen molar-refractivity contribution in [1.29, 1.82) is 0 Å². The zero-order valence-electron chi connectivity index (χ0n) is 20.5. The summed E-state index contributed by atoms with van der Waals surface area (Å²) in [4.78, 5) is 20.1. The zero-order valence-corrected chi connectivity index (χ0v) is 21.2. The highest BCUT2D eigenvalue weighted by Crippen LogP contribution is 2.29. The molecule has 2 aromatic heterocycles. The number of unbranched alkanes of at least 4 members (excludes halogenated alkanes) is 1. The molecule has 2 N–H and O–H groups in total. The summed E-state index contributed by atoms with van der Waals surface area (Å²) in [6.45, 7) is 5.23. The largest absolute Gasteiger partial charge is 0.370 e. The number of hydrogen-bond donors (Lipinski definition) is 2. The van der Waals surface area contributed by atoms with Crippen LogP contribution in [0.25, 0.3) is 16.8 Å². The van der Waals surface area contributed by atoms with Crippen LogP contribution in [0.5, 0.6) is 0 Å². The number of piperidine rings is 1. The van der Waals surface area contributed by atoms with Gasteiger partial charge in [0, 0.05) is 42.1 Å². The Morgan fingerprint density at radius 3 is 2.64 bits per heavy atom. The number of nitrogens with zero attached hydrogens (tertiary/aromatic N) is 4. The number of para-hydroxylation sites is 2. The smallest absolute Gasteiger partial charge is 0.258 e. The minimum Gasteiger partial charge on any atom is -0.370 e. The molecule has 8 heteroatoms. The Morgan fingerprint density at radius 1 is 1.08 bits per heavy atom. The Balaban J connectivity index is 1.29. The first-order valence-corrected chi connectivity index (χ1v) is 13.0. The third-order valence-electron chi connectivity index (χ3n) is 6.73. The second kappa shape index (κ2) is 11.1. The fraction of sp³-hybridized carbons (Fsp3) is 0.321. The third-order valence-corrected chi connectivity index (χ3v) is 6.98. The van der Waals surface area contributed by atoms with Crippen molar-refractivity contribution in [2.45, 2.75) is 38.6 Å². The van der Waals surface area contributed by atoms with Crippen molar-refractivity contribution in [3.63, 3.8) is 0 Å². The number of aromatic nitrogens is 3. The molecule has 0 bridgehead atoms. The Hall–Kier alpha value is -3.42. The number of benzene rings is 2. The van der Waals surface area contributed by atoms with E-state index in [4.69, 9.17) is 11.6 Å². The molecule has 1 aliphatic rings. The van der Waals surface area contributed by atoms with Gasteiger partial charge in [0.25, 0.3) is 5.91 Å². The SMILES string of the molecule is CCCCNC1CCN(c2ccccc2NC(=O)c2cnc3c(-c4ccc(Cl)cc4)cnn3c2)CC1. The molecule has 36 heavy (non-hydrogen) atoms. The van der Waals surface area contributed by atoms with E-state index in [0.717, 1.165) is 55.0 Å². The van der Waals surface area contributed by atoms with Gasteiger partial charge < -0.3 is 15.5 Å². The van der Waals surface area contributed by atoms with Crippen LogP contribution in [0.3, 0.4) is 0 Å². The van der Waals surface area contributed by atoms with Crippen molar-refractivity contribution in [2.75, 3.05) is 29.9 Å². The quantitative estimate of drug-likeness (QED) is 0.304. The van der Waals surface area contributed by atoms with E-state index < -0.39 is 0 Å². The van der Waals surface area contributed by atoms with E-state index in [0.29, 0.717) is 22.3 Å². The molecule has 7 nitrogen and oxygen atoms in total. The van der Waals surface area contributed by atoms with Crippen molar-refractivity contribution >= 4 is 34.5 Å². The number of carbonyl (C=O) groups is 1. The molecule has 1 fully saturated rings. The molecule has 3 heterocycles. The molecule has 4 aromatic rings. The van der Waals surface area contributed by atoms with Gasteiger partial charge in [-0.2, -0.15) is 5.10 Å². The number of carbonyl (C=O) groups excluding carboxylic acids is 1. The van der Waals surface area contributed by atoms with Crippen molar-refractivity contribution in [3.05, 3.63) is 77.7 Å². The zero-order chi connectivity index (χ0) is 24.9. The Kier molecular flexibility index (Phi) is 7.49. The minimum absolute atomic E-state index is 0.212. The lowest BCUT2D eigenvalue weighted by Crippen LogP contribution is -2.43. The molecule has 1 amide bonds. The van der Waals surface area contributed by atoms with Gasteiger partial charge in [-0.1, -0.05) is 49.2 Å². The molecule has 2 aromatic carbocycles. The van der Waals surface area contributed by atoms with E-state index >= 15 is 0 Å². The molecular weight excluding hydrogens is 472 g/mol. The molecule has 0 aliphatic carbocycles. The van der Waals surface area contributed by atoms with Gasteiger partial charge in [-0.25, -0.2) is 9.50 Å². The monoisotopic (exact) mass is 502 g/mol. The summed E-state index contributed by atoms with van der Waals surface area (Å²) in [5.41, 5.74) is 4.85. The van der Waals surface area contributed by atoms with E-state index in [1.54, 1.807) is 23.1 Å². The van der Waals surface area contributed by atoms with Gasteiger partial charge in [0.15, 0.2) is 5.65 Å². The molecule has 186 valence electrons. The van der Waals surface area contributed by atoms with Gasteiger partial charge in [0.2, 0.25) is 0 Å². The van der Waals surface area contributed by atoms with Gasteiger partial charge in [0.05, 0.1) is 23.1 Å². The van der Waals surface area contributed by atoms with Gasteiger partial charge in [-0.05, 0) is 55.6 Å². The number of hydrogen-bond acceptors (Lipinski definition) is 5. The molecule has 1 aliphatic heterocycles. The van der Waals surface area contributed by atoms with Crippen LogP contribution in [0.1, 0.15) is 43.0 Å². The summed E-state index contributed by atoms with van der Waals surface area (Å²) in [7, 11) is 0. The summed E-state index contributed by atoms with van der Waals surface area (Å²) in [5, 5.41) is 11.9. The topological polar surface area (TPSA) is 74.6 Å². The van der Waals surface area contributed by atoms with Crippen LogP contribution >= 0.6 is 11.6 Å². The molecule has 5 rings (SSSR count). The van der Waals surface area contributed by atoms with Gasteiger partial charge in [-0.3, -0.25) is 4.79 Å². The molecule has 0 spiro atoms. The standard InChI is InChI=1S/C28H31ClN6O/c1-2-3-14-30-23-12-15-34(16-13-23)26-7-5-4-6-25(26)33-28(36)21-17-31-27-24(18-32-35(27)19-21)20-8-10-22(29)11-9-20/h4-11,17-19,23,30H,2-3,12-16H2,1H3,(H,33,36). The maximum absolute atomic E-state index is 13.2. The molecule has 0 unspecified atom stereocenters. The summed E-state index contributed by atoms with van der Waals surface area (Å²) >= 11 is 6.02. The molecule has 1 saturated heterocycles. The second-order valence-electron chi connectivity index (χ2n) is 9.22. The first kappa shape index (κ1) is 24.3. The van der Waals surface area contributed by atoms with Crippen LogP contribution in [-0.2, 0) is 0 Å². The maximum atomic E-state index is 13.2. The molecule has 0 atom stereocenters. The number of rotatable bonds is 8. The van der Waals surface area contributed by atoms with Gasteiger partial charge in [0.1, 0.15) is 0 Å². The Labute approximate surface area is 216 Å². The normalized spacial score (nSPS) is 14.3. The van der Waals surface area contributed by atoms with E-state index in [1.807, 2.05) is 42.5 Å². The lowest BCUT2D eigenvalue weighted by Gasteiger charge is -2.35. The molecular formula is C28H31ClN6O. The Bertz CT molecular complexity index is 1330. The highest BCUT2D eigenvalue weighted by atomic mass is 35.5. The van der Waals surface area contributed by atoms with Crippen LogP contribution in [0.2, 0.25) is 5.02 Å². The van der Waals surface area contributed by atoms with Crippen molar-refractivity contribution in [1.82, 2.24) is 19.9 Å². The van der Waals surface area contributed by atoms with Crippen LogP contribution < -0.4 is 15.5 Å². The second-order valence-corrected chi connectivity index (χ2v) is 9.65. The molecule has 0 saturated carbocycles. The minimum atomic E-state index is -0.212. The van der Waals surface area contributed by atoms with Crippen molar-refractivity contribution in [3.8, 4) is 11.1 Å². The van der Waals surface area contributed by atoms with Crippen molar-refractivity contribution < 1.29 is 4.79 Å². The lowest BCUT2D eigenvalue weighted by molar-refractivity contribution is 0.102. The van der Waals surface area contributed by atoms with E-state index in [9.17, 15) is 4.79 Å². The maximum Gasteiger partial charge on any atom is 0.258 e. The fourth-order valence-electron chi connectivity index (χ4n) is 4.68. The predicted octanol–water partition coefficient (Wildman–Crippen LogP) is 5.66. The van der Waals surface area contributed by atoms with E-state index in [-0.39, 0.29) is 5.91 Å². The summed E-state index contributed by atoms with van der Waals surface area (Å²) in [5.74, 6) is -0.212. The lowest BCUT2D eigenvalue weighted by atomic mass is 10.0. The molecule has 0 radical (unpaired) electrons. The average molecular weight is 503 g/mol. The van der Waals surface area contributed by atoms with Gasteiger partial charge in [-0.15, -0.1) is 0 Å². The predicted molar refractivity (Wildman–Crippen MR) is 146 cm³/mol. The summed E-state index contributed by atoms with van der Waals surface area (Å²) in [6.07, 6.45) is 9.70. The highest BCUT2D eigenvalue weighted by molar-refractivity contribution is 6.30. The van der Waals surface area contributed by atoms with Crippen LogP contribution in [0, 0.1) is 0 Å². The highest BCUT2D eigenvalue weighted by Gasteiger charge is 2.21. The summed E-state index contributed by atoms with van der Waals surface area (Å²) < 4.78 is 1.64. The number of nitrogens with one attached hydrogen (secondary N) is 2. The number of anilines is 2. The first-order valence-electron chi connectivity index (χ1n) is 12.6. The number of halogens is 1. The van der Waals surface area contributed by atoms with E-state index in [1.165, 1.54) is 12.8 Å². The number of fused-ring (bicyclic) bond motifs is 1. The van der Waals surface area contributed by atoms with Crippen LogP contribution in [-0.4, -0.2) is 46.2 Å².